The van der Waals surface area contributed by atoms with E-state index in [0.29, 0.717) is 0 Å². The van der Waals surface area contributed by atoms with Crippen LogP contribution in [0.5, 0.6) is 0 Å². The largest absolute Gasteiger partial charge is 0.444 e. The van der Waals surface area contributed by atoms with Crippen LogP contribution in [0, 0.1) is 5.41 Å². The lowest BCUT2D eigenvalue weighted by atomic mass is 9.87. The van der Waals surface area contributed by atoms with Crippen molar-refractivity contribution in [3.05, 3.63) is 0 Å². The second-order valence-corrected chi connectivity index (χ2v) is 10.4. The van der Waals surface area contributed by atoms with Crippen molar-refractivity contribution in [1.82, 2.24) is 5.32 Å². The standard InChI is InChI=1S/C13H27NO8S2/c1-12(2,3)21-11(15)14-8-10(22-24(7,18)19)13(4,5)9-20-23(6,16)17/h10H,8-9H2,1-7H3,(H,14,15). The van der Waals surface area contributed by atoms with Crippen LogP contribution >= 0.6 is 0 Å². The molecule has 0 heterocycles. The Morgan fingerprint density at radius 2 is 1.50 bits per heavy atom. The number of nitrogens with one attached hydrogen (secondary N) is 1. The SMILES string of the molecule is CC(C)(C)OC(=O)NCC(OS(C)(=O)=O)C(C)(C)COS(C)(=O)=O. The molecule has 1 unspecified atom stereocenters. The zero-order valence-electron chi connectivity index (χ0n) is 15.1. The summed E-state index contributed by atoms with van der Waals surface area (Å²) in [5.41, 5.74) is -1.74. The van der Waals surface area contributed by atoms with Gasteiger partial charge in [0.15, 0.2) is 0 Å². The molecular formula is C13H27NO8S2. The van der Waals surface area contributed by atoms with Gasteiger partial charge in [-0.25, -0.2) is 4.79 Å². The first-order chi connectivity index (χ1) is 10.4. The first-order valence-electron chi connectivity index (χ1n) is 7.11. The van der Waals surface area contributed by atoms with E-state index in [0.717, 1.165) is 12.5 Å². The van der Waals surface area contributed by atoms with Gasteiger partial charge in [-0.1, -0.05) is 13.8 Å². The van der Waals surface area contributed by atoms with Gasteiger partial charge in [-0.3, -0.25) is 8.37 Å². The zero-order chi connectivity index (χ0) is 19.4. The van der Waals surface area contributed by atoms with Gasteiger partial charge in [-0.15, -0.1) is 0 Å². The van der Waals surface area contributed by atoms with Gasteiger partial charge < -0.3 is 10.1 Å². The van der Waals surface area contributed by atoms with Crippen LogP contribution in [0.15, 0.2) is 0 Å². The molecule has 0 saturated heterocycles. The van der Waals surface area contributed by atoms with E-state index in [1.54, 1.807) is 34.6 Å². The third-order valence-corrected chi connectivity index (χ3v) is 3.77. The van der Waals surface area contributed by atoms with E-state index >= 15 is 0 Å². The summed E-state index contributed by atoms with van der Waals surface area (Å²) in [7, 11) is -7.55. The summed E-state index contributed by atoms with van der Waals surface area (Å²) in [6, 6.07) is 0. The zero-order valence-corrected chi connectivity index (χ0v) is 16.7. The highest BCUT2D eigenvalue weighted by Gasteiger charge is 2.35. The first kappa shape index (κ1) is 23.1. The summed E-state index contributed by atoms with van der Waals surface area (Å²) in [4.78, 5) is 11.7. The van der Waals surface area contributed by atoms with Crippen molar-refractivity contribution in [2.45, 2.75) is 46.3 Å². The Morgan fingerprint density at radius 1 is 1.00 bits per heavy atom. The molecule has 1 amide bonds. The van der Waals surface area contributed by atoms with E-state index < -0.39 is 43.4 Å². The van der Waals surface area contributed by atoms with Crippen LogP contribution in [0.4, 0.5) is 4.79 Å². The Hall–Kier alpha value is -0.910. The van der Waals surface area contributed by atoms with Crippen LogP contribution in [-0.2, 0) is 33.3 Å². The molecule has 0 aromatic rings. The Balaban J connectivity index is 5.07. The van der Waals surface area contributed by atoms with Gasteiger partial charge >= 0.3 is 6.09 Å². The van der Waals surface area contributed by atoms with Crippen molar-refractivity contribution >= 4 is 26.3 Å². The van der Waals surface area contributed by atoms with Crippen LogP contribution in [0.3, 0.4) is 0 Å². The minimum Gasteiger partial charge on any atom is -0.444 e. The second kappa shape index (κ2) is 7.98. The third-order valence-electron chi connectivity index (χ3n) is 2.64. The molecule has 144 valence electrons. The highest BCUT2D eigenvalue weighted by atomic mass is 32.2. The number of rotatable bonds is 8. The van der Waals surface area contributed by atoms with Gasteiger partial charge in [-0.2, -0.15) is 16.8 Å². The van der Waals surface area contributed by atoms with Crippen molar-refractivity contribution < 1.29 is 34.7 Å². The van der Waals surface area contributed by atoms with Crippen LogP contribution in [-0.4, -0.2) is 60.3 Å². The number of alkyl carbamates (subject to hydrolysis) is 1. The molecule has 0 aliphatic carbocycles. The predicted octanol–water partition coefficient (Wildman–Crippen LogP) is 0.858. The summed E-state index contributed by atoms with van der Waals surface area (Å²) in [6.07, 6.45) is -0.0543. The fourth-order valence-corrected chi connectivity index (χ4v) is 2.76. The fraction of sp³-hybridized carbons (Fsp3) is 0.923. The number of hydrogen-bond donors (Lipinski definition) is 1. The van der Waals surface area contributed by atoms with Crippen LogP contribution in [0.2, 0.25) is 0 Å². The molecule has 0 rings (SSSR count). The van der Waals surface area contributed by atoms with Crippen LogP contribution in [0.1, 0.15) is 34.6 Å². The molecule has 24 heavy (non-hydrogen) atoms. The van der Waals surface area contributed by atoms with Crippen molar-refractivity contribution in [2.24, 2.45) is 5.41 Å². The van der Waals surface area contributed by atoms with Crippen molar-refractivity contribution in [2.75, 3.05) is 25.7 Å². The lowest BCUT2D eigenvalue weighted by Gasteiger charge is -2.32. The minimum absolute atomic E-state index is 0.206. The maximum absolute atomic E-state index is 11.7. The molecule has 1 N–H and O–H groups in total. The summed E-state index contributed by atoms with van der Waals surface area (Å²) in [5.74, 6) is 0. The normalized spacial score (nSPS) is 15.0. The smallest absolute Gasteiger partial charge is 0.407 e. The Bertz CT molecular complexity index is 631. The monoisotopic (exact) mass is 389 g/mol. The third kappa shape index (κ3) is 11.6. The lowest BCUT2D eigenvalue weighted by molar-refractivity contribution is 0.0282. The first-order valence-corrected chi connectivity index (χ1v) is 10.7. The molecule has 0 fully saturated rings. The molecule has 0 aliphatic rings. The van der Waals surface area contributed by atoms with E-state index in [2.05, 4.69) is 5.32 Å². The molecule has 0 bridgehead atoms. The van der Waals surface area contributed by atoms with Crippen molar-refractivity contribution in [1.29, 1.82) is 0 Å². The Labute approximate surface area is 144 Å². The topological polar surface area (TPSA) is 125 Å². The van der Waals surface area contributed by atoms with E-state index in [-0.39, 0.29) is 13.2 Å². The highest BCUT2D eigenvalue weighted by Crippen LogP contribution is 2.25. The number of amides is 1. The minimum atomic E-state index is -3.84. The average molecular weight is 389 g/mol. The maximum atomic E-state index is 11.7. The quantitative estimate of drug-likeness (QED) is 0.606. The van der Waals surface area contributed by atoms with Gasteiger partial charge in [0, 0.05) is 12.0 Å². The number of hydrogen-bond acceptors (Lipinski definition) is 8. The summed E-state index contributed by atoms with van der Waals surface area (Å²) in [5, 5.41) is 2.41. The molecule has 0 radical (unpaired) electrons. The summed E-state index contributed by atoms with van der Waals surface area (Å²) >= 11 is 0. The summed E-state index contributed by atoms with van der Waals surface area (Å²) < 4.78 is 59.9. The number of carbonyl (C=O) groups is 1. The van der Waals surface area contributed by atoms with E-state index in [9.17, 15) is 21.6 Å². The predicted molar refractivity (Wildman–Crippen MR) is 88.5 cm³/mol. The second-order valence-electron chi connectivity index (χ2n) is 7.13. The van der Waals surface area contributed by atoms with Gasteiger partial charge in [0.1, 0.15) is 11.7 Å². The van der Waals surface area contributed by atoms with Gasteiger partial charge in [-0.05, 0) is 20.8 Å². The number of carbonyl (C=O) groups excluding carboxylic acids is 1. The highest BCUT2D eigenvalue weighted by molar-refractivity contribution is 7.86. The maximum Gasteiger partial charge on any atom is 0.407 e. The fourth-order valence-electron chi connectivity index (χ4n) is 1.49. The average Bonchev–Trinajstić information content (AvgIpc) is 2.27. The summed E-state index contributed by atoms with van der Waals surface area (Å²) in [6.45, 7) is 7.64. The number of ether oxygens (including phenoxy) is 1. The molecule has 1 atom stereocenters. The molecule has 0 spiro atoms. The van der Waals surface area contributed by atoms with Crippen LogP contribution in [0.25, 0.3) is 0 Å². The van der Waals surface area contributed by atoms with Gasteiger partial charge in [0.25, 0.3) is 20.2 Å². The van der Waals surface area contributed by atoms with Crippen molar-refractivity contribution in [3.8, 4) is 0 Å². The lowest BCUT2D eigenvalue weighted by Crippen LogP contribution is -2.46. The molecule has 0 saturated carbocycles. The van der Waals surface area contributed by atoms with E-state index in [1.807, 2.05) is 0 Å². The van der Waals surface area contributed by atoms with Gasteiger partial charge in [0.2, 0.25) is 0 Å². The molecule has 11 heteroatoms. The molecule has 0 aliphatic heterocycles. The van der Waals surface area contributed by atoms with Crippen LogP contribution < -0.4 is 5.32 Å². The molecule has 0 aromatic carbocycles. The van der Waals surface area contributed by atoms with E-state index in [1.165, 1.54) is 0 Å². The Morgan fingerprint density at radius 3 is 1.88 bits per heavy atom. The van der Waals surface area contributed by atoms with E-state index in [4.69, 9.17) is 13.1 Å². The molecule has 0 aromatic heterocycles. The molecule has 9 nitrogen and oxygen atoms in total. The van der Waals surface area contributed by atoms with Gasteiger partial charge in [0.05, 0.1) is 19.1 Å². The Kier molecular flexibility index (Phi) is 7.68. The van der Waals surface area contributed by atoms with Crippen molar-refractivity contribution in [3.63, 3.8) is 0 Å². The molecular weight excluding hydrogens is 362 g/mol.